The van der Waals surface area contributed by atoms with E-state index < -0.39 is 0 Å². The van der Waals surface area contributed by atoms with E-state index in [2.05, 4.69) is 60.4 Å². The van der Waals surface area contributed by atoms with Crippen molar-refractivity contribution in [2.75, 3.05) is 14.1 Å². The number of aromatic nitrogens is 1. The number of benzene rings is 2. The quantitative estimate of drug-likeness (QED) is 0.802. The minimum atomic E-state index is -0.0209. The van der Waals surface area contributed by atoms with Crippen LogP contribution in [0, 0.1) is 6.92 Å². The van der Waals surface area contributed by atoms with Gasteiger partial charge in [-0.3, -0.25) is 9.69 Å². The summed E-state index contributed by atoms with van der Waals surface area (Å²) in [5.74, 6) is 0. The van der Waals surface area contributed by atoms with Gasteiger partial charge in [0.25, 0.3) is 5.56 Å². The van der Waals surface area contributed by atoms with Gasteiger partial charge in [0.2, 0.25) is 0 Å². The maximum absolute atomic E-state index is 11.7. The summed E-state index contributed by atoms with van der Waals surface area (Å²) in [5, 5.41) is 1.07. The van der Waals surface area contributed by atoms with Gasteiger partial charge in [0.05, 0.1) is 6.04 Å². The van der Waals surface area contributed by atoms with E-state index in [9.17, 15) is 4.79 Å². The van der Waals surface area contributed by atoms with E-state index in [1.807, 2.05) is 25.1 Å². The van der Waals surface area contributed by atoms with Gasteiger partial charge in [-0.25, -0.2) is 0 Å². The Kier molecular flexibility index (Phi) is 3.82. The first-order valence-corrected chi connectivity index (χ1v) is 7.41. The number of aromatic amines is 1. The minimum absolute atomic E-state index is 0.0209. The molecule has 1 heterocycles. The van der Waals surface area contributed by atoms with Gasteiger partial charge in [-0.1, -0.05) is 36.4 Å². The third kappa shape index (κ3) is 2.68. The summed E-state index contributed by atoms with van der Waals surface area (Å²) in [6.45, 7) is 1.84. The number of aryl methyl sites for hydroxylation is 1. The lowest BCUT2D eigenvalue weighted by Gasteiger charge is -2.25. The molecule has 0 aliphatic heterocycles. The monoisotopic (exact) mass is 292 g/mol. The molecule has 2 aromatic carbocycles. The summed E-state index contributed by atoms with van der Waals surface area (Å²) < 4.78 is 0. The van der Waals surface area contributed by atoms with Crippen LogP contribution in [0.15, 0.2) is 59.4 Å². The largest absolute Gasteiger partial charge is 0.322 e. The average molecular weight is 292 g/mol. The van der Waals surface area contributed by atoms with Crippen molar-refractivity contribution in [2.24, 2.45) is 0 Å². The second-order valence-corrected chi connectivity index (χ2v) is 5.90. The van der Waals surface area contributed by atoms with Gasteiger partial charge >= 0.3 is 0 Å². The molecule has 112 valence electrons. The second-order valence-electron chi connectivity index (χ2n) is 5.90. The molecule has 0 spiro atoms. The van der Waals surface area contributed by atoms with Gasteiger partial charge < -0.3 is 4.98 Å². The Balaban J connectivity index is 2.14. The van der Waals surface area contributed by atoms with Crippen LogP contribution in [0.4, 0.5) is 0 Å². The number of H-pyrrole nitrogens is 1. The van der Waals surface area contributed by atoms with Crippen LogP contribution in [-0.4, -0.2) is 24.0 Å². The van der Waals surface area contributed by atoms with Crippen molar-refractivity contribution >= 4 is 10.9 Å². The van der Waals surface area contributed by atoms with Gasteiger partial charge in [-0.15, -0.1) is 0 Å². The Morgan fingerprint density at radius 1 is 0.955 bits per heavy atom. The highest BCUT2D eigenvalue weighted by Gasteiger charge is 2.16. The number of hydrogen-bond acceptors (Lipinski definition) is 2. The van der Waals surface area contributed by atoms with Crippen molar-refractivity contribution in [2.45, 2.75) is 13.0 Å². The van der Waals surface area contributed by atoms with Crippen LogP contribution in [0.1, 0.15) is 22.7 Å². The molecule has 3 nitrogen and oxygen atoms in total. The molecule has 0 saturated heterocycles. The zero-order chi connectivity index (χ0) is 15.7. The highest BCUT2D eigenvalue weighted by atomic mass is 16.1. The fraction of sp³-hybridized carbons (Fsp3) is 0.211. The molecule has 0 aliphatic carbocycles. The number of pyridine rings is 1. The standard InChI is InChI=1S/C19H20N2O/c1-13-11-16-12-15(9-10-17(16)20-19(13)22)18(21(2)3)14-7-5-4-6-8-14/h4-12,18H,1-3H3,(H,20,22). The maximum Gasteiger partial charge on any atom is 0.251 e. The first-order chi connectivity index (χ1) is 10.6. The van der Waals surface area contributed by atoms with E-state index in [0.29, 0.717) is 0 Å². The minimum Gasteiger partial charge on any atom is -0.322 e. The fourth-order valence-corrected chi connectivity index (χ4v) is 2.93. The van der Waals surface area contributed by atoms with Crippen LogP contribution in [-0.2, 0) is 0 Å². The first kappa shape index (κ1) is 14.5. The molecular weight excluding hydrogens is 272 g/mol. The zero-order valence-corrected chi connectivity index (χ0v) is 13.1. The summed E-state index contributed by atoms with van der Waals surface area (Å²) in [6, 6.07) is 18.8. The van der Waals surface area contributed by atoms with Gasteiger partial charge in [0.1, 0.15) is 0 Å². The molecule has 0 bridgehead atoms. The lowest BCUT2D eigenvalue weighted by molar-refractivity contribution is 0.342. The van der Waals surface area contributed by atoms with Crippen LogP contribution in [0.5, 0.6) is 0 Å². The van der Waals surface area contributed by atoms with Crippen LogP contribution in [0.2, 0.25) is 0 Å². The smallest absolute Gasteiger partial charge is 0.251 e. The SMILES string of the molecule is Cc1cc2cc(C(c3ccccc3)N(C)C)ccc2[nH]c1=O. The number of hydrogen-bond donors (Lipinski definition) is 1. The molecule has 0 amide bonds. The summed E-state index contributed by atoms with van der Waals surface area (Å²) in [4.78, 5) is 16.8. The normalized spacial score (nSPS) is 12.7. The Morgan fingerprint density at radius 2 is 1.68 bits per heavy atom. The maximum atomic E-state index is 11.7. The van der Waals surface area contributed by atoms with Gasteiger partial charge in [0.15, 0.2) is 0 Å². The topological polar surface area (TPSA) is 36.1 Å². The fourth-order valence-electron chi connectivity index (χ4n) is 2.93. The highest BCUT2D eigenvalue weighted by Crippen LogP contribution is 2.28. The average Bonchev–Trinajstić information content (AvgIpc) is 2.49. The summed E-state index contributed by atoms with van der Waals surface area (Å²) in [7, 11) is 4.17. The number of nitrogens with zero attached hydrogens (tertiary/aromatic N) is 1. The molecule has 3 aromatic rings. The lowest BCUT2D eigenvalue weighted by atomic mass is 9.96. The number of fused-ring (bicyclic) bond motifs is 1. The third-order valence-corrected chi connectivity index (χ3v) is 4.00. The van der Waals surface area contributed by atoms with Crippen molar-refractivity contribution in [1.82, 2.24) is 9.88 Å². The molecule has 0 radical (unpaired) electrons. The Morgan fingerprint density at radius 3 is 2.36 bits per heavy atom. The van der Waals surface area contributed by atoms with Crippen LogP contribution in [0.3, 0.4) is 0 Å². The number of nitrogens with one attached hydrogen (secondary N) is 1. The van der Waals surface area contributed by atoms with E-state index >= 15 is 0 Å². The Labute approximate surface area is 130 Å². The lowest BCUT2D eigenvalue weighted by Crippen LogP contribution is -2.21. The molecule has 0 saturated carbocycles. The van der Waals surface area contributed by atoms with E-state index in [1.54, 1.807) is 0 Å². The molecule has 1 atom stereocenters. The Hall–Kier alpha value is -2.39. The first-order valence-electron chi connectivity index (χ1n) is 7.41. The second kappa shape index (κ2) is 5.78. The van der Waals surface area contributed by atoms with Crippen molar-refractivity contribution in [3.05, 3.63) is 81.6 Å². The molecule has 3 rings (SSSR count). The van der Waals surface area contributed by atoms with Crippen LogP contribution < -0.4 is 5.56 Å². The molecule has 3 heteroatoms. The van der Waals surface area contributed by atoms with Gasteiger partial charge in [0, 0.05) is 11.1 Å². The third-order valence-electron chi connectivity index (χ3n) is 4.00. The Bertz CT molecular complexity index is 850. The van der Waals surface area contributed by atoms with E-state index in [4.69, 9.17) is 0 Å². The summed E-state index contributed by atoms with van der Waals surface area (Å²) in [5.41, 5.74) is 4.08. The van der Waals surface area contributed by atoms with E-state index in [1.165, 1.54) is 11.1 Å². The van der Waals surface area contributed by atoms with Crippen molar-refractivity contribution in [3.8, 4) is 0 Å². The van der Waals surface area contributed by atoms with Crippen LogP contribution >= 0.6 is 0 Å². The van der Waals surface area contributed by atoms with Crippen LogP contribution in [0.25, 0.3) is 10.9 Å². The molecular formula is C19H20N2O. The zero-order valence-electron chi connectivity index (χ0n) is 13.1. The predicted octanol–water partition coefficient (Wildman–Crippen LogP) is 3.49. The van der Waals surface area contributed by atoms with Crippen molar-refractivity contribution < 1.29 is 0 Å². The number of rotatable bonds is 3. The van der Waals surface area contributed by atoms with Crippen molar-refractivity contribution in [3.63, 3.8) is 0 Å². The van der Waals surface area contributed by atoms with E-state index in [0.717, 1.165) is 16.5 Å². The molecule has 1 aromatic heterocycles. The molecule has 22 heavy (non-hydrogen) atoms. The highest BCUT2D eigenvalue weighted by molar-refractivity contribution is 5.80. The molecule has 1 N–H and O–H groups in total. The molecule has 0 aliphatic rings. The van der Waals surface area contributed by atoms with E-state index in [-0.39, 0.29) is 11.6 Å². The summed E-state index contributed by atoms with van der Waals surface area (Å²) in [6.07, 6.45) is 0. The predicted molar refractivity (Wildman–Crippen MR) is 91.3 cm³/mol. The molecule has 1 unspecified atom stereocenters. The molecule has 0 fully saturated rings. The van der Waals surface area contributed by atoms with Gasteiger partial charge in [-0.05, 0) is 55.7 Å². The van der Waals surface area contributed by atoms with Crippen molar-refractivity contribution in [1.29, 1.82) is 0 Å². The van der Waals surface area contributed by atoms with Gasteiger partial charge in [-0.2, -0.15) is 0 Å². The summed E-state index contributed by atoms with van der Waals surface area (Å²) >= 11 is 0.